The Morgan fingerprint density at radius 2 is 1.87 bits per heavy atom. The molecule has 0 unspecified atom stereocenters. The molecule has 0 spiro atoms. The zero-order valence-corrected chi connectivity index (χ0v) is 10.5. The number of fused-ring (bicyclic) bond motifs is 3. The molecular weight excluding hydrogens is 295 g/mol. The van der Waals surface area contributed by atoms with Crippen LogP contribution in [0, 0.1) is 3.57 Å². The molecule has 0 fully saturated rings. The lowest BCUT2D eigenvalue weighted by Gasteiger charge is -2.14. The van der Waals surface area contributed by atoms with Crippen molar-refractivity contribution in [2.75, 3.05) is 0 Å². The fraction of sp³-hybridized carbons (Fsp3) is 0.143. The maximum atomic E-state index is 2.44. The topological polar surface area (TPSA) is 0 Å². The van der Waals surface area contributed by atoms with Gasteiger partial charge in [0.25, 0.3) is 0 Å². The largest absolute Gasteiger partial charge is 0.0836 e. The summed E-state index contributed by atoms with van der Waals surface area (Å²) in [6, 6.07) is 11.0. The normalized spacial score (nSPS) is 14.2. The predicted molar refractivity (Wildman–Crippen MR) is 74.0 cm³/mol. The van der Waals surface area contributed by atoms with Crippen LogP contribution < -0.4 is 0 Å². The highest BCUT2D eigenvalue weighted by Gasteiger charge is 2.10. The van der Waals surface area contributed by atoms with E-state index >= 15 is 0 Å². The van der Waals surface area contributed by atoms with Crippen molar-refractivity contribution in [2.45, 2.75) is 12.8 Å². The first-order valence-corrected chi connectivity index (χ1v) is 6.31. The van der Waals surface area contributed by atoms with Crippen LogP contribution in [0.15, 0.2) is 36.4 Å². The van der Waals surface area contributed by atoms with Crippen LogP contribution >= 0.6 is 22.6 Å². The van der Waals surface area contributed by atoms with Crippen LogP contribution in [-0.4, -0.2) is 0 Å². The van der Waals surface area contributed by atoms with Crippen molar-refractivity contribution in [3.8, 4) is 0 Å². The highest BCUT2D eigenvalue weighted by molar-refractivity contribution is 14.1. The van der Waals surface area contributed by atoms with Crippen molar-refractivity contribution in [1.29, 1.82) is 0 Å². The van der Waals surface area contributed by atoms with Crippen LogP contribution in [0.5, 0.6) is 0 Å². The minimum atomic E-state index is 1.18. The number of halogens is 1. The molecule has 1 aliphatic rings. The van der Waals surface area contributed by atoms with E-state index in [4.69, 9.17) is 0 Å². The van der Waals surface area contributed by atoms with Gasteiger partial charge in [0.15, 0.2) is 0 Å². The Bertz CT molecular complexity index is 553. The van der Waals surface area contributed by atoms with E-state index in [9.17, 15) is 0 Å². The van der Waals surface area contributed by atoms with Crippen LogP contribution in [0.2, 0.25) is 0 Å². The van der Waals surface area contributed by atoms with Gasteiger partial charge in [0.05, 0.1) is 0 Å². The molecule has 0 aliphatic heterocycles. The molecule has 0 atom stereocenters. The van der Waals surface area contributed by atoms with E-state index in [0.717, 1.165) is 0 Å². The zero-order chi connectivity index (χ0) is 10.3. The first kappa shape index (κ1) is 9.40. The van der Waals surface area contributed by atoms with Crippen molar-refractivity contribution in [2.24, 2.45) is 0 Å². The Morgan fingerprint density at radius 1 is 1.07 bits per heavy atom. The Balaban J connectivity index is 2.46. The molecule has 0 bridgehead atoms. The summed E-state index contributed by atoms with van der Waals surface area (Å²) in [5.74, 6) is 0. The van der Waals surface area contributed by atoms with Gasteiger partial charge in [0.2, 0.25) is 0 Å². The standard InChI is InChI=1S/C14H11I/c15-14-9-10-5-1-2-6-11(10)12-7-3-4-8-13(12)14/h2-4,6-9H,1,5H2. The smallest absolute Gasteiger partial charge is 0.0211 e. The average molecular weight is 306 g/mol. The third-order valence-electron chi connectivity index (χ3n) is 2.99. The molecule has 0 aromatic heterocycles. The molecule has 0 nitrogen and oxygen atoms in total. The number of benzene rings is 2. The second kappa shape index (κ2) is 3.63. The molecule has 0 heterocycles. The molecule has 0 radical (unpaired) electrons. The molecule has 74 valence electrons. The first-order valence-electron chi connectivity index (χ1n) is 5.23. The summed E-state index contributed by atoms with van der Waals surface area (Å²) in [4.78, 5) is 0. The molecule has 2 aromatic rings. The van der Waals surface area contributed by atoms with Gasteiger partial charge >= 0.3 is 0 Å². The Kier molecular flexibility index (Phi) is 2.28. The Labute approximate surface area is 103 Å². The molecule has 0 amide bonds. The molecule has 0 saturated carbocycles. The Morgan fingerprint density at radius 3 is 2.73 bits per heavy atom. The van der Waals surface area contributed by atoms with Gasteiger partial charge in [0, 0.05) is 3.57 Å². The number of aryl methyl sites for hydroxylation is 1. The van der Waals surface area contributed by atoms with E-state index in [1.54, 1.807) is 0 Å². The quantitative estimate of drug-likeness (QED) is 0.633. The summed E-state index contributed by atoms with van der Waals surface area (Å²) in [5.41, 5.74) is 2.93. The van der Waals surface area contributed by atoms with Crippen molar-refractivity contribution in [1.82, 2.24) is 0 Å². The summed E-state index contributed by atoms with van der Waals surface area (Å²) >= 11 is 2.44. The van der Waals surface area contributed by atoms with Gasteiger partial charge in [-0.2, -0.15) is 0 Å². The number of rotatable bonds is 0. The molecule has 1 aliphatic carbocycles. The van der Waals surface area contributed by atoms with E-state index in [2.05, 4.69) is 65.1 Å². The predicted octanol–water partition coefficient (Wildman–Crippen LogP) is 4.40. The SMILES string of the molecule is Ic1cc2c(c3ccccc13)C=CCC2. The first-order chi connectivity index (χ1) is 7.36. The lowest BCUT2D eigenvalue weighted by molar-refractivity contribution is 0.988. The number of allylic oxidation sites excluding steroid dienone is 1. The fourth-order valence-electron chi connectivity index (χ4n) is 2.25. The monoisotopic (exact) mass is 306 g/mol. The highest BCUT2D eigenvalue weighted by atomic mass is 127. The van der Waals surface area contributed by atoms with Crippen LogP contribution in [0.3, 0.4) is 0 Å². The van der Waals surface area contributed by atoms with Crippen LogP contribution in [-0.2, 0) is 6.42 Å². The van der Waals surface area contributed by atoms with Crippen LogP contribution in [0.25, 0.3) is 16.8 Å². The minimum absolute atomic E-state index is 1.18. The highest BCUT2D eigenvalue weighted by Crippen LogP contribution is 2.31. The maximum Gasteiger partial charge on any atom is 0.0211 e. The van der Waals surface area contributed by atoms with E-state index in [0.29, 0.717) is 0 Å². The van der Waals surface area contributed by atoms with Gasteiger partial charge in [-0.3, -0.25) is 0 Å². The Hall–Kier alpha value is -0.830. The lowest BCUT2D eigenvalue weighted by atomic mass is 9.92. The molecule has 0 N–H and O–H groups in total. The van der Waals surface area contributed by atoms with Crippen LogP contribution in [0.1, 0.15) is 17.5 Å². The zero-order valence-electron chi connectivity index (χ0n) is 8.33. The number of hydrogen-bond donors (Lipinski definition) is 0. The van der Waals surface area contributed by atoms with Crippen molar-refractivity contribution < 1.29 is 0 Å². The molecule has 2 aromatic carbocycles. The van der Waals surface area contributed by atoms with E-state index in [1.807, 2.05) is 0 Å². The van der Waals surface area contributed by atoms with Crippen molar-refractivity contribution >= 4 is 39.4 Å². The lowest BCUT2D eigenvalue weighted by Crippen LogP contribution is -1.96. The summed E-state index contributed by atoms with van der Waals surface area (Å²) in [5, 5.41) is 2.78. The summed E-state index contributed by atoms with van der Waals surface area (Å²) < 4.78 is 1.37. The van der Waals surface area contributed by atoms with E-state index < -0.39 is 0 Å². The van der Waals surface area contributed by atoms with E-state index in [1.165, 1.54) is 38.3 Å². The molecular formula is C14H11I. The van der Waals surface area contributed by atoms with Crippen LogP contribution in [0.4, 0.5) is 0 Å². The van der Waals surface area contributed by atoms with Gasteiger partial charge in [-0.25, -0.2) is 0 Å². The second-order valence-corrected chi connectivity index (χ2v) is 5.08. The van der Waals surface area contributed by atoms with Crippen molar-refractivity contribution in [3.05, 3.63) is 51.1 Å². The van der Waals surface area contributed by atoms with Gasteiger partial charge in [-0.15, -0.1) is 0 Å². The average Bonchev–Trinajstić information content (AvgIpc) is 2.30. The summed E-state index contributed by atoms with van der Waals surface area (Å²) in [6.45, 7) is 0. The van der Waals surface area contributed by atoms with Gasteiger partial charge < -0.3 is 0 Å². The van der Waals surface area contributed by atoms with E-state index in [-0.39, 0.29) is 0 Å². The third kappa shape index (κ3) is 1.49. The summed E-state index contributed by atoms with van der Waals surface area (Å²) in [7, 11) is 0. The van der Waals surface area contributed by atoms with Gasteiger partial charge in [-0.05, 0) is 63.4 Å². The van der Waals surface area contributed by atoms with Gasteiger partial charge in [-0.1, -0.05) is 36.4 Å². The molecule has 15 heavy (non-hydrogen) atoms. The fourth-order valence-corrected chi connectivity index (χ4v) is 3.10. The second-order valence-electron chi connectivity index (χ2n) is 3.92. The maximum absolute atomic E-state index is 2.44. The molecule has 1 heteroatoms. The van der Waals surface area contributed by atoms with Gasteiger partial charge in [0.1, 0.15) is 0 Å². The molecule has 3 rings (SSSR count). The number of hydrogen-bond acceptors (Lipinski definition) is 0. The molecule has 0 saturated heterocycles. The van der Waals surface area contributed by atoms with Crippen molar-refractivity contribution in [3.63, 3.8) is 0 Å². The summed E-state index contributed by atoms with van der Waals surface area (Å²) in [6.07, 6.45) is 6.92. The third-order valence-corrected chi connectivity index (χ3v) is 3.88. The minimum Gasteiger partial charge on any atom is -0.0836 e.